The second-order valence-corrected chi connectivity index (χ2v) is 9.70. The Morgan fingerprint density at radius 1 is 0.923 bits per heavy atom. The van der Waals surface area contributed by atoms with Crippen molar-refractivity contribution in [2.75, 3.05) is 36.8 Å². The number of benzene rings is 2. The molecule has 3 heterocycles. The van der Waals surface area contributed by atoms with Crippen LogP contribution in [0.25, 0.3) is 0 Å². The van der Waals surface area contributed by atoms with E-state index < -0.39 is 11.9 Å². The first kappa shape index (κ1) is 26.4. The normalized spacial score (nSPS) is 16.1. The maximum atomic E-state index is 14.6. The summed E-state index contributed by atoms with van der Waals surface area (Å²) in [5.74, 6) is 0.279. The van der Waals surface area contributed by atoms with Gasteiger partial charge in [-0.2, -0.15) is 0 Å². The summed E-state index contributed by atoms with van der Waals surface area (Å²) in [6.45, 7) is 3.83. The molecule has 2 aliphatic rings. The van der Waals surface area contributed by atoms with Crippen molar-refractivity contribution < 1.29 is 23.5 Å². The number of piperidine rings is 1. The van der Waals surface area contributed by atoms with E-state index in [4.69, 9.17) is 9.47 Å². The Morgan fingerprint density at radius 3 is 2.41 bits per heavy atom. The van der Waals surface area contributed by atoms with E-state index in [1.165, 1.54) is 31.2 Å². The van der Waals surface area contributed by atoms with E-state index in [0.717, 1.165) is 37.6 Å². The van der Waals surface area contributed by atoms with Crippen LogP contribution in [0.5, 0.6) is 11.5 Å². The summed E-state index contributed by atoms with van der Waals surface area (Å²) in [7, 11) is 0. The minimum atomic E-state index is -0.763. The highest BCUT2D eigenvalue weighted by atomic mass is 19.1. The number of hydrogen-bond acceptors (Lipinski definition) is 6. The number of carbonyl (C=O) groups excluding carboxylic acids is 2. The van der Waals surface area contributed by atoms with Crippen LogP contribution in [0.2, 0.25) is 0 Å². The first-order valence-electron chi connectivity index (χ1n) is 13.2. The molecule has 39 heavy (non-hydrogen) atoms. The molecule has 10 heteroatoms. The maximum Gasteiger partial charge on any atom is 0.412 e. The number of carbonyl (C=O) groups is 2. The molecule has 2 saturated heterocycles. The van der Waals surface area contributed by atoms with E-state index >= 15 is 0 Å². The number of amides is 3. The average molecular weight is 534 g/mol. The number of rotatable bonds is 7. The van der Waals surface area contributed by atoms with Gasteiger partial charge in [-0.3, -0.25) is 10.6 Å². The highest BCUT2D eigenvalue weighted by Gasteiger charge is 2.28. The van der Waals surface area contributed by atoms with Crippen molar-refractivity contribution in [2.45, 2.75) is 38.3 Å². The van der Waals surface area contributed by atoms with Gasteiger partial charge in [-0.15, -0.1) is 0 Å². The van der Waals surface area contributed by atoms with Crippen LogP contribution < -0.4 is 15.4 Å². The minimum absolute atomic E-state index is 0.0309. The highest BCUT2D eigenvalue weighted by molar-refractivity contribution is 5.88. The average Bonchev–Trinajstić information content (AvgIpc) is 3.50. The minimum Gasteiger partial charge on any atom is -0.457 e. The highest BCUT2D eigenvalue weighted by Crippen LogP contribution is 2.27. The molecular formula is C29H32FN5O4. The first-order valence-corrected chi connectivity index (χ1v) is 13.2. The Bertz CT molecular complexity index is 1280. The molecule has 0 unspecified atom stereocenters. The van der Waals surface area contributed by atoms with E-state index in [1.807, 2.05) is 35.2 Å². The summed E-state index contributed by atoms with van der Waals surface area (Å²) in [6, 6.07) is 16.8. The quantitative estimate of drug-likeness (QED) is 0.395. The standard InChI is InChI=1S/C29H32FN5O4/c30-25-18-23(8-9-26(25)32-29(37)38-20-21-6-2-1-3-7-21)39-24-10-13-31-27(19-24)33-28(36)35-16-11-22(12-17-35)34-14-4-5-15-34/h1-3,6-10,13,18-19,22H,4-5,11-12,14-17,20H2,(H,32,37)(H,31,33,36). The summed E-state index contributed by atoms with van der Waals surface area (Å²) in [6.07, 6.45) is 5.24. The van der Waals surface area contributed by atoms with Gasteiger partial charge in [0.05, 0.1) is 5.69 Å². The van der Waals surface area contributed by atoms with Crippen LogP contribution in [-0.4, -0.2) is 59.1 Å². The fourth-order valence-electron chi connectivity index (χ4n) is 4.94. The molecule has 5 rings (SSSR count). The molecule has 0 aliphatic carbocycles. The molecule has 3 amide bonds. The molecule has 1 aromatic heterocycles. The molecule has 0 spiro atoms. The molecule has 3 aromatic rings. The van der Waals surface area contributed by atoms with Crippen molar-refractivity contribution in [3.63, 3.8) is 0 Å². The first-order chi connectivity index (χ1) is 19.0. The van der Waals surface area contributed by atoms with Crippen molar-refractivity contribution >= 4 is 23.6 Å². The zero-order valence-electron chi connectivity index (χ0n) is 21.6. The fraction of sp³-hybridized carbons (Fsp3) is 0.345. The zero-order valence-corrected chi connectivity index (χ0v) is 21.6. The number of anilines is 2. The smallest absolute Gasteiger partial charge is 0.412 e. The maximum absolute atomic E-state index is 14.6. The van der Waals surface area contributed by atoms with E-state index in [9.17, 15) is 14.0 Å². The number of nitrogens with zero attached hydrogens (tertiary/aromatic N) is 3. The zero-order chi connectivity index (χ0) is 27.0. The largest absolute Gasteiger partial charge is 0.457 e. The number of likely N-dealkylation sites (tertiary alicyclic amines) is 2. The molecule has 2 aromatic carbocycles. The number of hydrogen-bond donors (Lipinski definition) is 2. The predicted octanol–water partition coefficient (Wildman–Crippen LogP) is 5.85. The van der Waals surface area contributed by atoms with Gasteiger partial charge < -0.3 is 19.3 Å². The Morgan fingerprint density at radius 2 is 1.67 bits per heavy atom. The summed E-state index contributed by atoms with van der Waals surface area (Å²) in [5, 5.41) is 5.23. The summed E-state index contributed by atoms with van der Waals surface area (Å²) in [5.41, 5.74) is 0.795. The molecule has 2 aliphatic heterocycles. The summed E-state index contributed by atoms with van der Waals surface area (Å²) < 4.78 is 25.5. The molecule has 0 radical (unpaired) electrons. The molecule has 0 saturated carbocycles. The van der Waals surface area contributed by atoms with Crippen molar-refractivity contribution in [1.29, 1.82) is 0 Å². The van der Waals surface area contributed by atoms with Crippen LogP contribution >= 0.6 is 0 Å². The van der Waals surface area contributed by atoms with Crippen LogP contribution in [-0.2, 0) is 11.3 Å². The van der Waals surface area contributed by atoms with E-state index in [2.05, 4.69) is 20.5 Å². The van der Waals surface area contributed by atoms with Crippen molar-refractivity contribution in [1.82, 2.24) is 14.8 Å². The number of pyridine rings is 1. The number of aromatic nitrogens is 1. The van der Waals surface area contributed by atoms with Gasteiger partial charge in [0, 0.05) is 37.5 Å². The van der Waals surface area contributed by atoms with Crippen LogP contribution in [0.3, 0.4) is 0 Å². The molecular weight excluding hydrogens is 501 g/mol. The second kappa shape index (κ2) is 12.6. The van der Waals surface area contributed by atoms with E-state index in [1.54, 1.807) is 12.1 Å². The number of ether oxygens (including phenoxy) is 2. The summed E-state index contributed by atoms with van der Waals surface area (Å²) >= 11 is 0. The van der Waals surface area contributed by atoms with Crippen molar-refractivity contribution in [2.24, 2.45) is 0 Å². The van der Waals surface area contributed by atoms with Crippen molar-refractivity contribution in [3.05, 3.63) is 78.2 Å². The molecule has 204 valence electrons. The van der Waals surface area contributed by atoms with Crippen LogP contribution in [0, 0.1) is 5.82 Å². The van der Waals surface area contributed by atoms with Crippen LogP contribution in [0.4, 0.5) is 25.5 Å². The lowest BCUT2D eigenvalue weighted by Crippen LogP contribution is -2.47. The fourth-order valence-corrected chi connectivity index (χ4v) is 4.94. The van der Waals surface area contributed by atoms with E-state index in [0.29, 0.717) is 30.7 Å². The van der Waals surface area contributed by atoms with Gasteiger partial charge in [-0.25, -0.2) is 19.0 Å². The second-order valence-electron chi connectivity index (χ2n) is 9.70. The number of halogens is 1. The Hall–Kier alpha value is -4.18. The molecule has 0 bridgehead atoms. The SMILES string of the molecule is O=C(Nc1ccc(Oc2ccnc(NC(=O)N3CCC(N4CCCC4)CC3)c2)cc1F)OCc1ccccc1. The van der Waals surface area contributed by atoms with E-state index in [-0.39, 0.29) is 24.1 Å². The van der Waals surface area contributed by atoms with Crippen molar-refractivity contribution in [3.8, 4) is 11.5 Å². The Labute approximate surface area is 226 Å². The lowest BCUT2D eigenvalue weighted by molar-refractivity contribution is 0.140. The van der Waals surface area contributed by atoms with Crippen LogP contribution in [0.1, 0.15) is 31.2 Å². The molecule has 2 fully saturated rings. The third kappa shape index (κ3) is 7.23. The predicted molar refractivity (Wildman–Crippen MR) is 145 cm³/mol. The number of nitrogens with one attached hydrogen (secondary N) is 2. The third-order valence-corrected chi connectivity index (χ3v) is 7.00. The lowest BCUT2D eigenvalue weighted by atomic mass is 10.0. The van der Waals surface area contributed by atoms with Gasteiger partial charge >= 0.3 is 12.1 Å². The Balaban J connectivity index is 1.11. The monoisotopic (exact) mass is 533 g/mol. The van der Waals surface area contributed by atoms with Gasteiger partial charge in [0.1, 0.15) is 23.9 Å². The Kier molecular flexibility index (Phi) is 8.52. The van der Waals surface area contributed by atoms with Gasteiger partial charge in [-0.05, 0) is 62.5 Å². The van der Waals surface area contributed by atoms with Gasteiger partial charge in [0.25, 0.3) is 0 Å². The molecule has 0 atom stereocenters. The summed E-state index contributed by atoms with van der Waals surface area (Å²) in [4.78, 5) is 33.4. The topological polar surface area (TPSA) is 96.0 Å². The van der Waals surface area contributed by atoms with Crippen LogP contribution in [0.15, 0.2) is 66.9 Å². The molecule has 9 nitrogen and oxygen atoms in total. The third-order valence-electron chi connectivity index (χ3n) is 7.00. The van der Waals surface area contributed by atoms with Gasteiger partial charge in [0.15, 0.2) is 5.82 Å². The lowest BCUT2D eigenvalue weighted by Gasteiger charge is -2.36. The number of urea groups is 1. The van der Waals surface area contributed by atoms with Gasteiger partial charge in [0.2, 0.25) is 0 Å². The van der Waals surface area contributed by atoms with Gasteiger partial charge in [-0.1, -0.05) is 30.3 Å². The molecule has 2 N–H and O–H groups in total.